The molecule has 0 aromatic heterocycles. The Morgan fingerprint density at radius 2 is 1.82 bits per heavy atom. The molecule has 0 saturated carbocycles. The highest BCUT2D eigenvalue weighted by molar-refractivity contribution is 5.65. The van der Waals surface area contributed by atoms with Crippen LogP contribution in [0.25, 0.3) is 11.1 Å². The summed E-state index contributed by atoms with van der Waals surface area (Å²) < 4.78 is 13.2. The smallest absolute Gasteiger partial charge is 0.123 e. The molecular formula is C15H13FN. The van der Waals surface area contributed by atoms with Crippen molar-refractivity contribution in [1.29, 1.82) is 0 Å². The Bertz CT molecular complexity index is 548. The molecule has 1 radical (unpaired) electrons. The summed E-state index contributed by atoms with van der Waals surface area (Å²) in [4.78, 5) is 0. The van der Waals surface area contributed by atoms with Crippen LogP contribution in [-0.2, 0) is 13.0 Å². The van der Waals surface area contributed by atoms with E-state index in [2.05, 4.69) is 23.5 Å². The monoisotopic (exact) mass is 226 g/mol. The summed E-state index contributed by atoms with van der Waals surface area (Å²) in [5.41, 5.74) is 4.68. The lowest BCUT2D eigenvalue weighted by Crippen LogP contribution is -2.17. The Morgan fingerprint density at radius 3 is 2.71 bits per heavy atom. The van der Waals surface area contributed by atoms with Gasteiger partial charge >= 0.3 is 0 Å². The SMILES string of the molecule is Fc1cccc(-c2ccc3c(c2)CC[N]C3)c1. The van der Waals surface area contributed by atoms with Crippen LogP contribution in [0.1, 0.15) is 11.1 Å². The molecule has 3 rings (SSSR count). The van der Waals surface area contributed by atoms with Crippen molar-refractivity contribution in [2.24, 2.45) is 0 Å². The number of hydrogen-bond donors (Lipinski definition) is 0. The van der Waals surface area contributed by atoms with E-state index in [9.17, 15) is 4.39 Å². The summed E-state index contributed by atoms with van der Waals surface area (Å²) in [5, 5.41) is 4.37. The van der Waals surface area contributed by atoms with Crippen molar-refractivity contribution in [3.63, 3.8) is 0 Å². The normalized spacial score (nSPS) is 14.4. The van der Waals surface area contributed by atoms with E-state index in [-0.39, 0.29) is 5.82 Å². The number of nitrogens with zero attached hydrogens (tertiary/aromatic N) is 1. The second kappa shape index (κ2) is 4.30. The van der Waals surface area contributed by atoms with Gasteiger partial charge in [0.15, 0.2) is 0 Å². The number of halogens is 1. The molecule has 2 aromatic rings. The molecule has 0 unspecified atom stereocenters. The van der Waals surface area contributed by atoms with Crippen LogP contribution in [0, 0.1) is 5.82 Å². The van der Waals surface area contributed by atoms with Crippen LogP contribution in [0.3, 0.4) is 0 Å². The van der Waals surface area contributed by atoms with Crippen molar-refractivity contribution in [3.05, 3.63) is 59.4 Å². The summed E-state index contributed by atoms with van der Waals surface area (Å²) in [6.07, 6.45) is 0.999. The van der Waals surface area contributed by atoms with Gasteiger partial charge in [0, 0.05) is 13.1 Å². The third-order valence-electron chi connectivity index (χ3n) is 3.19. The number of rotatable bonds is 1. The quantitative estimate of drug-likeness (QED) is 0.709. The number of fused-ring (bicyclic) bond motifs is 1. The Kier molecular flexibility index (Phi) is 2.65. The Morgan fingerprint density at radius 1 is 0.941 bits per heavy atom. The molecular weight excluding hydrogens is 213 g/mol. The van der Waals surface area contributed by atoms with Gasteiger partial charge in [-0.2, -0.15) is 0 Å². The predicted octanol–water partition coefficient (Wildman–Crippen LogP) is 3.15. The van der Waals surface area contributed by atoms with Gasteiger partial charge in [-0.05, 0) is 40.8 Å². The van der Waals surface area contributed by atoms with E-state index in [0.29, 0.717) is 0 Å². The molecule has 17 heavy (non-hydrogen) atoms. The number of hydrogen-bond acceptors (Lipinski definition) is 0. The lowest BCUT2D eigenvalue weighted by molar-refractivity contribution is 0.628. The van der Waals surface area contributed by atoms with Gasteiger partial charge in [-0.15, -0.1) is 0 Å². The highest BCUT2D eigenvalue weighted by Crippen LogP contribution is 2.25. The fourth-order valence-corrected chi connectivity index (χ4v) is 2.26. The van der Waals surface area contributed by atoms with Gasteiger partial charge in [0.25, 0.3) is 0 Å². The van der Waals surface area contributed by atoms with Crippen LogP contribution in [-0.4, -0.2) is 6.54 Å². The van der Waals surface area contributed by atoms with Crippen molar-refractivity contribution < 1.29 is 4.39 Å². The second-order valence-corrected chi connectivity index (χ2v) is 4.35. The number of benzene rings is 2. The van der Waals surface area contributed by atoms with E-state index in [0.717, 1.165) is 30.6 Å². The van der Waals surface area contributed by atoms with Crippen molar-refractivity contribution in [1.82, 2.24) is 5.32 Å². The molecule has 0 saturated heterocycles. The Balaban J connectivity index is 2.04. The summed E-state index contributed by atoms with van der Waals surface area (Å²) in [6.45, 7) is 1.72. The van der Waals surface area contributed by atoms with Gasteiger partial charge in [0.1, 0.15) is 5.82 Å². The van der Waals surface area contributed by atoms with E-state index in [1.54, 1.807) is 12.1 Å². The third-order valence-corrected chi connectivity index (χ3v) is 3.19. The van der Waals surface area contributed by atoms with Crippen molar-refractivity contribution >= 4 is 0 Å². The molecule has 1 heterocycles. The van der Waals surface area contributed by atoms with E-state index in [1.165, 1.54) is 17.2 Å². The zero-order valence-corrected chi connectivity index (χ0v) is 9.49. The largest absolute Gasteiger partial charge is 0.237 e. The lowest BCUT2D eigenvalue weighted by atomic mass is 9.95. The molecule has 2 aromatic carbocycles. The molecule has 1 nitrogen and oxygen atoms in total. The average molecular weight is 226 g/mol. The molecule has 2 heteroatoms. The molecule has 0 amide bonds. The summed E-state index contributed by atoms with van der Waals surface area (Å²) >= 11 is 0. The van der Waals surface area contributed by atoms with Crippen LogP contribution in [0.4, 0.5) is 4.39 Å². The minimum Gasteiger partial charge on any atom is -0.237 e. The van der Waals surface area contributed by atoms with E-state index >= 15 is 0 Å². The molecule has 85 valence electrons. The molecule has 1 aliphatic heterocycles. The average Bonchev–Trinajstić information content (AvgIpc) is 2.38. The molecule has 0 aliphatic carbocycles. The fraction of sp³-hybridized carbons (Fsp3) is 0.200. The van der Waals surface area contributed by atoms with Crippen LogP contribution in [0.5, 0.6) is 0 Å². The fourth-order valence-electron chi connectivity index (χ4n) is 2.26. The van der Waals surface area contributed by atoms with Crippen molar-refractivity contribution in [2.75, 3.05) is 6.54 Å². The van der Waals surface area contributed by atoms with E-state index in [1.807, 2.05) is 6.07 Å². The van der Waals surface area contributed by atoms with Crippen LogP contribution in [0.15, 0.2) is 42.5 Å². The first-order chi connectivity index (χ1) is 8.33. The Labute approximate surface area is 100 Å². The maximum Gasteiger partial charge on any atom is 0.123 e. The zero-order valence-electron chi connectivity index (χ0n) is 9.49. The minimum absolute atomic E-state index is 0.185. The lowest BCUT2D eigenvalue weighted by Gasteiger charge is -2.16. The first kappa shape index (κ1) is 10.5. The first-order valence-electron chi connectivity index (χ1n) is 5.84. The molecule has 0 fully saturated rings. The van der Waals surface area contributed by atoms with E-state index in [4.69, 9.17) is 0 Å². The maximum atomic E-state index is 13.2. The van der Waals surface area contributed by atoms with Crippen LogP contribution >= 0.6 is 0 Å². The molecule has 0 N–H and O–H groups in total. The summed E-state index contributed by atoms with van der Waals surface area (Å²) in [5.74, 6) is -0.185. The zero-order chi connectivity index (χ0) is 11.7. The van der Waals surface area contributed by atoms with Crippen molar-refractivity contribution in [3.8, 4) is 11.1 Å². The molecule has 0 bridgehead atoms. The maximum absolute atomic E-state index is 13.2. The topological polar surface area (TPSA) is 14.1 Å². The second-order valence-electron chi connectivity index (χ2n) is 4.35. The highest BCUT2D eigenvalue weighted by atomic mass is 19.1. The van der Waals surface area contributed by atoms with Crippen LogP contribution < -0.4 is 5.32 Å². The summed E-state index contributed by atoms with van der Waals surface area (Å²) in [7, 11) is 0. The van der Waals surface area contributed by atoms with Gasteiger partial charge in [-0.25, -0.2) is 9.71 Å². The van der Waals surface area contributed by atoms with Crippen molar-refractivity contribution in [2.45, 2.75) is 13.0 Å². The molecule has 0 atom stereocenters. The van der Waals surface area contributed by atoms with Crippen LogP contribution in [0.2, 0.25) is 0 Å². The summed E-state index contributed by atoms with van der Waals surface area (Å²) in [6, 6.07) is 13.1. The first-order valence-corrected chi connectivity index (χ1v) is 5.84. The third kappa shape index (κ3) is 2.08. The Hall–Kier alpha value is -1.67. The van der Waals surface area contributed by atoms with Gasteiger partial charge in [-0.1, -0.05) is 30.3 Å². The van der Waals surface area contributed by atoms with Gasteiger partial charge in [0.05, 0.1) is 0 Å². The molecule has 1 aliphatic rings. The predicted molar refractivity (Wildman–Crippen MR) is 66.2 cm³/mol. The highest BCUT2D eigenvalue weighted by Gasteiger charge is 2.10. The minimum atomic E-state index is -0.185. The molecule has 0 spiro atoms. The van der Waals surface area contributed by atoms with Gasteiger partial charge in [0.2, 0.25) is 0 Å². The van der Waals surface area contributed by atoms with E-state index < -0.39 is 0 Å². The van der Waals surface area contributed by atoms with Gasteiger partial charge < -0.3 is 0 Å². The van der Waals surface area contributed by atoms with Gasteiger partial charge in [-0.3, -0.25) is 0 Å². The standard InChI is InChI=1S/C15H13FN/c16-15-3-1-2-11(9-15)12-4-5-14-10-17-7-6-13(14)8-12/h1-5,8-9H,6-7,10H2.